The van der Waals surface area contributed by atoms with Crippen LogP contribution in [0.5, 0.6) is 0 Å². The number of hydrogen-bond acceptors (Lipinski definition) is 4. The zero-order chi connectivity index (χ0) is 38.5. The Morgan fingerprint density at radius 3 is 0.750 bits per heavy atom. The van der Waals surface area contributed by atoms with Gasteiger partial charge in [0.05, 0.1) is 33.9 Å². The molecule has 6 heteroatoms. The maximum Gasteiger partial charge on any atom is 0.267 e. The number of phosphoric ester groups is 1. The second kappa shape index (κ2) is 47.2. The van der Waals surface area contributed by atoms with Crippen LogP contribution in [0.15, 0.2) is 0 Å². The van der Waals surface area contributed by atoms with Gasteiger partial charge in [0.25, 0.3) is 7.82 Å². The van der Waals surface area contributed by atoms with Crippen LogP contribution in [-0.4, -0.2) is 33.9 Å². The largest absolute Gasteiger partial charge is 0.756 e. The average Bonchev–Trinajstić information content (AvgIpc) is 3.12. The van der Waals surface area contributed by atoms with E-state index in [1.54, 1.807) is 4.90 Å². The molecule has 0 unspecified atom stereocenters. The predicted molar refractivity (Wildman–Crippen MR) is 230 cm³/mol. The second-order valence-corrected chi connectivity index (χ2v) is 17.9. The van der Waals surface area contributed by atoms with Crippen LogP contribution in [0.4, 0.5) is 0 Å². The lowest BCUT2D eigenvalue weighted by molar-refractivity contribution is -0.858. The van der Waals surface area contributed by atoms with Crippen LogP contribution in [0.2, 0.25) is 0 Å². The van der Waals surface area contributed by atoms with Gasteiger partial charge >= 0.3 is 0 Å². The fourth-order valence-corrected chi connectivity index (χ4v) is 7.73. The molecule has 0 atom stereocenters. The Labute approximate surface area is 328 Å². The predicted octanol–water partition coefficient (Wildman–Crippen LogP) is 14.5. The summed E-state index contributed by atoms with van der Waals surface area (Å²) in [6.07, 6.45) is 50.8. The molecular weight excluding hydrogens is 661 g/mol. The van der Waals surface area contributed by atoms with E-state index in [0.717, 1.165) is 25.7 Å². The maximum absolute atomic E-state index is 11.8. The summed E-state index contributed by atoms with van der Waals surface area (Å²) in [4.78, 5) is 13.4. The highest BCUT2D eigenvalue weighted by Crippen LogP contribution is 2.38. The fraction of sp³-hybridized carbons (Fsp3) is 1.00. The van der Waals surface area contributed by atoms with E-state index in [2.05, 4.69) is 34.9 Å². The van der Waals surface area contributed by atoms with E-state index in [9.17, 15) is 9.46 Å². The van der Waals surface area contributed by atoms with E-state index >= 15 is 0 Å². The van der Waals surface area contributed by atoms with Gasteiger partial charge in [-0.2, -0.15) is 0 Å². The topological polar surface area (TPSA) is 63.0 Å². The van der Waals surface area contributed by atoms with Gasteiger partial charge in [-0.15, -0.1) is 0 Å². The lowest BCUT2D eigenvalue weighted by Crippen LogP contribution is -3.05. The summed E-state index contributed by atoms with van der Waals surface area (Å²) in [6.45, 7) is 8.66. The summed E-state index contributed by atoms with van der Waals surface area (Å²) in [7, 11) is 0.408. The van der Waals surface area contributed by atoms with Crippen molar-refractivity contribution in [1.82, 2.24) is 0 Å². The zero-order valence-corrected chi connectivity index (χ0v) is 37.5. The van der Waals surface area contributed by atoms with Crippen molar-refractivity contribution in [3.8, 4) is 0 Å². The fourth-order valence-electron chi connectivity index (χ4n) is 6.95. The summed E-state index contributed by atoms with van der Waals surface area (Å²) >= 11 is 0. The molecule has 0 aromatic carbocycles. The molecule has 5 nitrogen and oxygen atoms in total. The molecule has 0 bridgehead atoms. The normalized spacial score (nSPS) is 11.8. The molecule has 0 radical (unpaired) electrons. The van der Waals surface area contributed by atoms with Crippen molar-refractivity contribution < 1.29 is 23.4 Å². The Morgan fingerprint density at radius 1 is 0.346 bits per heavy atom. The first kappa shape index (κ1) is 54.2. The SMILES string of the molecule is CCCCCCCCCCCCCCCCCC[NH+](C)C.CCCCCCCCCCCCCOP(=O)([O-])OCCCCCCCCCCCCC. The van der Waals surface area contributed by atoms with E-state index < -0.39 is 7.82 Å². The van der Waals surface area contributed by atoms with Gasteiger partial charge in [-0.3, -0.25) is 4.57 Å². The Bertz CT molecular complexity index is 645. The van der Waals surface area contributed by atoms with Crippen LogP contribution < -0.4 is 9.79 Å². The van der Waals surface area contributed by atoms with E-state index in [0.29, 0.717) is 0 Å². The van der Waals surface area contributed by atoms with E-state index in [1.165, 1.54) is 225 Å². The number of hydrogen-bond donors (Lipinski definition) is 1. The van der Waals surface area contributed by atoms with Crippen molar-refractivity contribution in [2.75, 3.05) is 33.9 Å². The summed E-state index contributed by atoms with van der Waals surface area (Å²) in [5.74, 6) is 0. The van der Waals surface area contributed by atoms with Crippen LogP contribution in [0.25, 0.3) is 0 Å². The third-order valence-corrected chi connectivity index (χ3v) is 11.5. The van der Waals surface area contributed by atoms with Crippen molar-refractivity contribution in [2.24, 2.45) is 0 Å². The molecule has 0 aromatic rings. The van der Waals surface area contributed by atoms with Crippen molar-refractivity contribution in [3.63, 3.8) is 0 Å². The van der Waals surface area contributed by atoms with Crippen LogP contribution in [0.1, 0.15) is 265 Å². The monoisotopic (exact) mass is 760 g/mol. The average molecular weight is 760 g/mol. The Hall–Kier alpha value is 0.0700. The van der Waals surface area contributed by atoms with Gasteiger partial charge in [0.15, 0.2) is 0 Å². The summed E-state index contributed by atoms with van der Waals surface area (Å²) in [5.41, 5.74) is 0. The van der Waals surface area contributed by atoms with Crippen molar-refractivity contribution in [1.29, 1.82) is 0 Å². The van der Waals surface area contributed by atoms with Crippen molar-refractivity contribution in [3.05, 3.63) is 0 Å². The Balaban J connectivity index is 0. The molecule has 52 heavy (non-hydrogen) atoms. The number of rotatable bonds is 43. The van der Waals surface area contributed by atoms with Gasteiger partial charge in [-0.05, 0) is 25.7 Å². The van der Waals surface area contributed by atoms with Gasteiger partial charge in [-0.1, -0.05) is 239 Å². The number of unbranched alkanes of at least 4 members (excludes halogenated alkanes) is 35. The molecule has 0 saturated heterocycles. The third-order valence-electron chi connectivity index (χ3n) is 10.5. The molecule has 0 aromatic heterocycles. The van der Waals surface area contributed by atoms with E-state index in [4.69, 9.17) is 9.05 Å². The molecule has 1 N–H and O–H groups in total. The minimum Gasteiger partial charge on any atom is -0.756 e. The molecule has 0 saturated carbocycles. The Kier molecular flexibility index (Phi) is 49.2. The van der Waals surface area contributed by atoms with Crippen molar-refractivity contribution >= 4 is 7.82 Å². The first-order chi connectivity index (χ1) is 25.4. The minimum atomic E-state index is -4.10. The van der Waals surface area contributed by atoms with Gasteiger partial charge in [0.2, 0.25) is 0 Å². The van der Waals surface area contributed by atoms with E-state index in [-0.39, 0.29) is 13.2 Å². The van der Waals surface area contributed by atoms with Gasteiger partial charge in [-0.25, -0.2) is 0 Å². The number of quaternary nitrogens is 1. The highest BCUT2D eigenvalue weighted by atomic mass is 31.2. The van der Waals surface area contributed by atoms with Gasteiger partial charge in [0.1, 0.15) is 0 Å². The molecule has 0 amide bonds. The van der Waals surface area contributed by atoms with Crippen molar-refractivity contribution in [2.45, 2.75) is 265 Å². The van der Waals surface area contributed by atoms with Crippen LogP contribution in [-0.2, 0) is 13.6 Å². The van der Waals surface area contributed by atoms with E-state index in [1.807, 2.05) is 0 Å². The van der Waals surface area contributed by atoms with Crippen LogP contribution in [0, 0.1) is 0 Å². The lowest BCUT2D eigenvalue weighted by Gasteiger charge is -2.22. The third kappa shape index (κ3) is 52.2. The zero-order valence-electron chi connectivity index (χ0n) is 36.6. The molecule has 0 heterocycles. The molecular formula is C46H98NO4P. The molecule has 0 aliphatic rings. The highest BCUT2D eigenvalue weighted by molar-refractivity contribution is 7.45. The molecule has 0 rings (SSSR count). The first-order valence-corrected chi connectivity index (χ1v) is 25.2. The van der Waals surface area contributed by atoms with Gasteiger partial charge in [0, 0.05) is 0 Å². The summed E-state index contributed by atoms with van der Waals surface area (Å²) in [6, 6.07) is 0. The molecule has 0 aliphatic carbocycles. The highest BCUT2D eigenvalue weighted by Gasteiger charge is 2.08. The summed E-state index contributed by atoms with van der Waals surface area (Å²) < 4.78 is 21.8. The molecule has 316 valence electrons. The molecule has 0 aliphatic heterocycles. The first-order valence-electron chi connectivity index (χ1n) is 23.8. The second-order valence-electron chi connectivity index (χ2n) is 16.4. The molecule has 0 fully saturated rings. The smallest absolute Gasteiger partial charge is 0.267 e. The standard InChI is InChI=1S/C26H55O4P.C20H43N/c1-3-5-7-9-11-13-15-17-19-21-23-25-29-31(27,28)30-26-24-22-20-18-16-14-12-10-8-6-4-2;1-4-5-6-7-8-9-10-11-12-13-14-15-16-17-18-19-20-21(2)3/h3-26H2,1-2H3,(H,27,28);4-20H2,1-3H3. The Morgan fingerprint density at radius 2 is 0.538 bits per heavy atom. The van der Waals surface area contributed by atoms with Gasteiger partial charge < -0.3 is 18.8 Å². The minimum absolute atomic E-state index is 0.260. The maximum atomic E-state index is 11.8. The molecule has 0 spiro atoms. The van der Waals surface area contributed by atoms with Crippen LogP contribution in [0.3, 0.4) is 0 Å². The quantitative estimate of drug-likeness (QED) is 0.0497. The summed E-state index contributed by atoms with van der Waals surface area (Å²) in [5, 5.41) is 0. The number of phosphoric acid groups is 1. The lowest BCUT2D eigenvalue weighted by atomic mass is 10.0. The number of nitrogens with one attached hydrogen (secondary N) is 1. The van der Waals surface area contributed by atoms with Crippen LogP contribution >= 0.6 is 7.82 Å².